The van der Waals surface area contributed by atoms with Gasteiger partial charge >= 0.3 is 0 Å². The molecule has 0 saturated heterocycles. The zero-order valence-corrected chi connectivity index (χ0v) is 17.9. The fraction of sp³-hybridized carbons (Fsp3) is 0.217. The summed E-state index contributed by atoms with van der Waals surface area (Å²) in [6, 6.07) is 14.4. The Hall–Kier alpha value is -3.03. The average molecular weight is 423 g/mol. The first-order valence-corrected chi connectivity index (χ1v) is 10.5. The second-order valence-corrected chi connectivity index (χ2v) is 8.04. The highest BCUT2D eigenvalue weighted by molar-refractivity contribution is 7.09. The number of nitrogens with zero attached hydrogens (tertiary/aromatic N) is 4. The van der Waals surface area contributed by atoms with Gasteiger partial charge in [-0.05, 0) is 50.4 Å². The summed E-state index contributed by atoms with van der Waals surface area (Å²) < 4.78 is 21.0. The summed E-state index contributed by atoms with van der Waals surface area (Å²) >= 11 is 1.64. The first-order chi connectivity index (χ1) is 14.5. The Labute approximate surface area is 179 Å². The van der Waals surface area contributed by atoms with Crippen LogP contribution in [0.3, 0.4) is 0 Å². The molecule has 0 amide bonds. The van der Waals surface area contributed by atoms with E-state index in [-0.39, 0.29) is 11.9 Å². The molecule has 0 fully saturated rings. The molecule has 5 nitrogen and oxygen atoms in total. The minimum Gasteiger partial charge on any atom is -0.497 e. The van der Waals surface area contributed by atoms with Crippen molar-refractivity contribution in [3.05, 3.63) is 82.7 Å². The summed E-state index contributed by atoms with van der Waals surface area (Å²) in [6.45, 7) is 2.79. The second kappa shape index (κ2) is 8.77. The van der Waals surface area contributed by atoms with Crippen LogP contribution in [0.15, 0.2) is 66.3 Å². The van der Waals surface area contributed by atoms with Crippen molar-refractivity contribution in [1.29, 1.82) is 0 Å². The van der Waals surface area contributed by atoms with Gasteiger partial charge in [-0.15, -0.1) is 11.3 Å². The number of aromatic nitrogens is 3. The predicted octanol–water partition coefficient (Wildman–Crippen LogP) is 5.34. The van der Waals surface area contributed by atoms with Crippen LogP contribution in [0.1, 0.15) is 23.5 Å². The number of hydrogen-bond donors (Lipinski definition) is 0. The summed E-state index contributed by atoms with van der Waals surface area (Å²) in [5.41, 5.74) is 3.45. The molecule has 0 bridgehead atoms. The number of hydrogen-bond acceptors (Lipinski definition) is 5. The summed E-state index contributed by atoms with van der Waals surface area (Å²) in [7, 11) is 3.70. The molecule has 0 radical (unpaired) electrons. The third kappa shape index (κ3) is 4.27. The second-order valence-electron chi connectivity index (χ2n) is 7.12. The molecule has 154 valence electrons. The van der Waals surface area contributed by atoms with Gasteiger partial charge in [0.1, 0.15) is 16.6 Å². The normalized spacial score (nSPS) is 12.3. The largest absolute Gasteiger partial charge is 0.497 e. The van der Waals surface area contributed by atoms with Crippen LogP contribution in [0, 0.1) is 5.82 Å². The van der Waals surface area contributed by atoms with Crippen molar-refractivity contribution in [2.24, 2.45) is 0 Å². The Morgan fingerprint density at radius 1 is 1.20 bits per heavy atom. The summed E-state index contributed by atoms with van der Waals surface area (Å²) in [5, 5.41) is 7.84. The molecule has 7 heteroatoms. The molecule has 0 aliphatic rings. The fourth-order valence-electron chi connectivity index (χ4n) is 3.31. The lowest BCUT2D eigenvalue weighted by molar-refractivity contribution is 0.253. The summed E-state index contributed by atoms with van der Waals surface area (Å²) in [4.78, 5) is 6.65. The quantitative estimate of drug-likeness (QED) is 0.403. The van der Waals surface area contributed by atoms with Crippen molar-refractivity contribution in [3.8, 4) is 22.7 Å². The van der Waals surface area contributed by atoms with Crippen LogP contribution in [-0.4, -0.2) is 33.8 Å². The zero-order valence-electron chi connectivity index (χ0n) is 17.1. The van der Waals surface area contributed by atoms with Gasteiger partial charge in [-0.25, -0.2) is 14.1 Å². The lowest BCUT2D eigenvalue weighted by atomic mass is 10.1. The van der Waals surface area contributed by atoms with E-state index >= 15 is 0 Å². The molecule has 0 spiro atoms. The SMILES string of the molecule is COc1ccc(-n2cc(CN(C)C(C)c3nccs3)c(-c3cccc(F)c3)n2)cc1. The standard InChI is InChI=1S/C23H23FN4OS/c1-16(23-25-11-12-30-23)27(2)14-18-15-28(20-7-9-21(29-3)10-8-20)26-22(18)17-5-4-6-19(24)13-17/h4-13,15-16H,14H2,1-3H3. The maximum absolute atomic E-state index is 13.9. The number of methoxy groups -OCH3 is 1. The molecule has 0 aliphatic carbocycles. The van der Waals surface area contributed by atoms with Gasteiger partial charge in [0.15, 0.2) is 0 Å². The lowest BCUT2D eigenvalue weighted by Crippen LogP contribution is -2.21. The Morgan fingerprint density at radius 2 is 2.00 bits per heavy atom. The predicted molar refractivity (Wildman–Crippen MR) is 118 cm³/mol. The number of ether oxygens (including phenoxy) is 1. The van der Waals surface area contributed by atoms with Crippen molar-refractivity contribution < 1.29 is 9.13 Å². The molecule has 2 heterocycles. The van der Waals surface area contributed by atoms with E-state index in [2.05, 4.69) is 23.9 Å². The van der Waals surface area contributed by atoms with Crippen molar-refractivity contribution in [3.63, 3.8) is 0 Å². The van der Waals surface area contributed by atoms with Crippen molar-refractivity contribution in [2.75, 3.05) is 14.2 Å². The molecule has 4 aromatic rings. The summed E-state index contributed by atoms with van der Waals surface area (Å²) in [5.74, 6) is 0.510. The third-order valence-electron chi connectivity index (χ3n) is 5.11. The van der Waals surface area contributed by atoms with Crippen LogP contribution >= 0.6 is 11.3 Å². The maximum Gasteiger partial charge on any atom is 0.123 e. The number of rotatable bonds is 7. The summed E-state index contributed by atoms with van der Waals surface area (Å²) in [6.07, 6.45) is 3.83. The molecule has 30 heavy (non-hydrogen) atoms. The van der Waals surface area contributed by atoms with Crippen LogP contribution in [0.25, 0.3) is 16.9 Å². The third-order valence-corrected chi connectivity index (χ3v) is 6.06. The van der Waals surface area contributed by atoms with Crippen LogP contribution in [0.4, 0.5) is 4.39 Å². The van der Waals surface area contributed by atoms with Gasteiger partial charge in [0.25, 0.3) is 0 Å². The van der Waals surface area contributed by atoms with E-state index in [0.29, 0.717) is 6.54 Å². The van der Waals surface area contributed by atoms with E-state index in [1.54, 1.807) is 24.5 Å². The van der Waals surface area contributed by atoms with Gasteiger partial charge in [-0.3, -0.25) is 4.90 Å². The Kier molecular flexibility index (Phi) is 5.92. The highest BCUT2D eigenvalue weighted by Gasteiger charge is 2.19. The molecular weight excluding hydrogens is 399 g/mol. The molecule has 1 unspecified atom stereocenters. The highest BCUT2D eigenvalue weighted by Crippen LogP contribution is 2.29. The molecular formula is C23H23FN4OS. The van der Waals surface area contributed by atoms with Gasteiger partial charge in [0, 0.05) is 35.4 Å². The van der Waals surface area contributed by atoms with Gasteiger partial charge < -0.3 is 4.74 Å². The van der Waals surface area contributed by atoms with Crippen LogP contribution in [0.5, 0.6) is 5.75 Å². The maximum atomic E-state index is 13.9. The Balaban J connectivity index is 1.70. The van der Waals surface area contributed by atoms with Gasteiger partial charge in [0.2, 0.25) is 0 Å². The molecule has 0 saturated carbocycles. The van der Waals surface area contributed by atoms with Gasteiger partial charge in [0.05, 0.1) is 24.5 Å². The number of thiazole rings is 1. The van der Waals surface area contributed by atoms with Gasteiger partial charge in [-0.2, -0.15) is 5.10 Å². The number of halogens is 1. The van der Waals surface area contributed by atoms with Crippen LogP contribution in [0.2, 0.25) is 0 Å². The fourth-order valence-corrected chi connectivity index (χ4v) is 4.07. The highest BCUT2D eigenvalue weighted by atomic mass is 32.1. The van der Waals surface area contributed by atoms with E-state index in [0.717, 1.165) is 33.3 Å². The van der Waals surface area contributed by atoms with E-state index in [1.165, 1.54) is 12.1 Å². The zero-order chi connectivity index (χ0) is 21.1. The Bertz CT molecular complexity index is 1110. The Morgan fingerprint density at radius 3 is 2.67 bits per heavy atom. The molecule has 2 aromatic carbocycles. The smallest absolute Gasteiger partial charge is 0.123 e. The first-order valence-electron chi connectivity index (χ1n) is 9.63. The molecule has 1 atom stereocenters. The first kappa shape index (κ1) is 20.3. The van der Waals surface area contributed by atoms with E-state index < -0.39 is 0 Å². The molecule has 0 N–H and O–H groups in total. The average Bonchev–Trinajstić information content (AvgIpc) is 3.44. The number of benzene rings is 2. The minimum absolute atomic E-state index is 0.162. The van der Waals surface area contributed by atoms with E-state index in [9.17, 15) is 4.39 Å². The monoisotopic (exact) mass is 422 g/mol. The molecule has 4 rings (SSSR count). The van der Waals surface area contributed by atoms with Crippen molar-refractivity contribution >= 4 is 11.3 Å². The van der Waals surface area contributed by atoms with Crippen LogP contribution in [-0.2, 0) is 6.54 Å². The molecule has 2 aromatic heterocycles. The van der Waals surface area contributed by atoms with Crippen molar-refractivity contribution in [1.82, 2.24) is 19.7 Å². The van der Waals surface area contributed by atoms with E-state index in [4.69, 9.17) is 9.84 Å². The van der Waals surface area contributed by atoms with Crippen molar-refractivity contribution in [2.45, 2.75) is 19.5 Å². The van der Waals surface area contributed by atoms with Crippen LogP contribution < -0.4 is 4.74 Å². The van der Waals surface area contributed by atoms with E-state index in [1.807, 2.05) is 52.8 Å². The topological polar surface area (TPSA) is 43.2 Å². The minimum atomic E-state index is -0.276. The van der Waals surface area contributed by atoms with Gasteiger partial charge in [-0.1, -0.05) is 12.1 Å². The lowest BCUT2D eigenvalue weighted by Gasteiger charge is -2.22. The molecule has 0 aliphatic heterocycles.